The Balaban J connectivity index is 1.16. The van der Waals surface area contributed by atoms with Crippen molar-refractivity contribution in [2.45, 2.75) is 19.1 Å². The first-order chi connectivity index (χ1) is 21.1. The molecule has 0 saturated carbocycles. The van der Waals surface area contributed by atoms with Crippen LogP contribution in [0.4, 0.5) is 0 Å². The average molecular weight is 570 g/mol. The molecule has 43 heavy (non-hydrogen) atoms. The molecule has 0 aliphatic heterocycles. The zero-order valence-electron chi connectivity index (χ0n) is 23.0. The molecule has 4 aromatic carbocycles. The molecule has 6 aromatic rings. The highest BCUT2D eigenvalue weighted by Crippen LogP contribution is 2.30. The van der Waals surface area contributed by atoms with Crippen LogP contribution in [0.15, 0.2) is 126 Å². The second kappa shape index (κ2) is 12.4. The van der Waals surface area contributed by atoms with Gasteiger partial charge in [-0.2, -0.15) is 0 Å². The summed E-state index contributed by atoms with van der Waals surface area (Å²) in [5.41, 5.74) is 4.23. The molecule has 2 heterocycles. The molecule has 2 aromatic heterocycles. The Morgan fingerprint density at radius 3 is 1.49 bits per heavy atom. The van der Waals surface area contributed by atoms with E-state index in [1.54, 1.807) is 48.5 Å². The smallest absolute Gasteiger partial charge is 0.354 e. The third-order valence-electron chi connectivity index (χ3n) is 7.11. The minimum atomic E-state index is -1.32. The molecule has 0 atom stereocenters. The Bertz CT molecular complexity index is 1790. The van der Waals surface area contributed by atoms with Gasteiger partial charge in [0.05, 0.1) is 28.3 Å². The number of carboxylic acid groups (broad SMARTS) is 1. The van der Waals surface area contributed by atoms with Gasteiger partial charge in [0, 0.05) is 10.8 Å². The summed E-state index contributed by atoms with van der Waals surface area (Å²) in [5.74, 6) is -0.949. The SMILES string of the molecule is O=C(O)/C(=N\O)C(c1ccc(OCc2ccc3ccccc3n2)cc1)c1ccc(OCc2ccc3ccccc3n2)cc1. The molecule has 0 unspecified atom stereocenters. The van der Waals surface area contributed by atoms with Crippen molar-refractivity contribution in [3.63, 3.8) is 0 Å². The van der Waals surface area contributed by atoms with Crippen molar-refractivity contribution in [2.75, 3.05) is 0 Å². The fraction of sp³-hybridized carbons (Fsp3) is 0.0857. The predicted molar refractivity (Wildman–Crippen MR) is 164 cm³/mol. The number of benzene rings is 4. The number of oxime groups is 1. The zero-order valence-corrected chi connectivity index (χ0v) is 23.0. The largest absolute Gasteiger partial charge is 0.487 e. The van der Waals surface area contributed by atoms with Crippen molar-refractivity contribution in [2.24, 2.45) is 5.16 Å². The van der Waals surface area contributed by atoms with Gasteiger partial charge in [-0.1, -0.05) is 78.0 Å². The molecule has 2 N–H and O–H groups in total. The zero-order chi connectivity index (χ0) is 29.6. The molecule has 0 amide bonds. The normalized spacial score (nSPS) is 11.6. The standard InChI is InChI=1S/C35H27N3O5/c39-35(40)34(38-41)33(25-11-17-29(18-12-25)42-21-27-15-9-23-5-1-3-7-31(23)36-27)26-13-19-30(20-14-26)43-22-28-16-10-24-6-2-4-8-32(24)37-28/h1-20,33,41H,21-22H2,(H,39,40)/b38-34-. The van der Waals surface area contributed by atoms with E-state index in [9.17, 15) is 15.1 Å². The monoisotopic (exact) mass is 569 g/mol. The number of carbonyl (C=O) groups is 1. The first-order valence-corrected chi connectivity index (χ1v) is 13.7. The molecular formula is C35H27N3O5. The van der Waals surface area contributed by atoms with E-state index >= 15 is 0 Å². The summed E-state index contributed by atoms with van der Waals surface area (Å²) >= 11 is 0. The molecule has 0 fully saturated rings. The Kier molecular flexibility index (Phi) is 7.91. The van der Waals surface area contributed by atoms with Gasteiger partial charge in [0.15, 0.2) is 5.71 Å². The Morgan fingerprint density at radius 2 is 1.07 bits per heavy atom. The lowest BCUT2D eigenvalue weighted by Crippen LogP contribution is -2.23. The van der Waals surface area contributed by atoms with Gasteiger partial charge in [-0.3, -0.25) is 0 Å². The van der Waals surface area contributed by atoms with Crippen LogP contribution in [-0.4, -0.2) is 32.0 Å². The van der Waals surface area contributed by atoms with Crippen molar-refractivity contribution >= 4 is 33.5 Å². The van der Waals surface area contributed by atoms with Gasteiger partial charge in [-0.05, 0) is 59.7 Å². The van der Waals surface area contributed by atoms with Crippen molar-refractivity contribution in [3.8, 4) is 11.5 Å². The van der Waals surface area contributed by atoms with Crippen LogP contribution < -0.4 is 9.47 Å². The highest BCUT2D eigenvalue weighted by atomic mass is 16.5. The quantitative estimate of drug-likeness (QED) is 0.104. The molecule has 0 spiro atoms. The molecule has 0 radical (unpaired) electrons. The van der Waals surface area contributed by atoms with Crippen molar-refractivity contribution in [1.82, 2.24) is 9.97 Å². The predicted octanol–water partition coefficient (Wildman–Crippen LogP) is 6.99. The van der Waals surface area contributed by atoms with Crippen LogP contribution in [-0.2, 0) is 18.0 Å². The number of fused-ring (bicyclic) bond motifs is 2. The fourth-order valence-corrected chi connectivity index (χ4v) is 4.94. The fourth-order valence-electron chi connectivity index (χ4n) is 4.94. The molecule has 212 valence electrons. The molecule has 0 bridgehead atoms. The number of hydrogen-bond donors (Lipinski definition) is 2. The highest BCUT2D eigenvalue weighted by Gasteiger charge is 2.27. The summed E-state index contributed by atoms with van der Waals surface area (Å²) in [6, 6.07) is 37.7. The average Bonchev–Trinajstić information content (AvgIpc) is 3.05. The van der Waals surface area contributed by atoms with E-state index in [0.717, 1.165) is 33.2 Å². The minimum Gasteiger partial charge on any atom is -0.487 e. The van der Waals surface area contributed by atoms with E-state index in [1.165, 1.54) is 0 Å². The van der Waals surface area contributed by atoms with E-state index in [1.807, 2.05) is 72.8 Å². The third kappa shape index (κ3) is 6.28. The minimum absolute atomic E-state index is 0.280. The molecule has 6 rings (SSSR count). The van der Waals surface area contributed by atoms with Crippen LogP contribution >= 0.6 is 0 Å². The van der Waals surface area contributed by atoms with Crippen LogP contribution in [0.5, 0.6) is 11.5 Å². The number of aliphatic carboxylic acids is 1. The maximum absolute atomic E-state index is 12.0. The number of hydrogen-bond acceptors (Lipinski definition) is 7. The van der Waals surface area contributed by atoms with Crippen molar-refractivity contribution in [1.29, 1.82) is 0 Å². The van der Waals surface area contributed by atoms with Gasteiger partial charge in [0.25, 0.3) is 0 Å². The Labute approximate surface area is 247 Å². The van der Waals surface area contributed by atoms with Gasteiger partial charge in [-0.15, -0.1) is 0 Å². The molecule has 0 saturated heterocycles. The van der Waals surface area contributed by atoms with Crippen LogP contribution in [0.25, 0.3) is 21.8 Å². The van der Waals surface area contributed by atoms with Crippen LogP contribution in [0.2, 0.25) is 0 Å². The van der Waals surface area contributed by atoms with E-state index in [4.69, 9.17) is 9.47 Å². The van der Waals surface area contributed by atoms with E-state index in [0.29, 0.717) is 22.6 Å². The van der Waals surface area contributed by atoms with Gasteiger partial charge in [-0.25, -0.2) is 14.8 Å². The second-order valence-electron chi connectivity index (χ2n) is 9.93. The van der Waals surface area contributed by atoms with Crippen LogP contribution in [0, 0.1) is 0 Å². The van der Waals surface area contributed by atoms with E-state index in [2.05, 4.69) is 15.1 Å². The number of aromatic nitrogens is 2. The number of pyridine rings is 2. The van der Waals surface area contributed by atoms with Crippen LogP contribution in [0.1, 0.15) is 28.4 Å². The molecular weight excluding hydrogens is 542 g/mol. The molecule has 0 aliphatic carbocycles. The van der Waals surface area contributed by atoms with Crippen molar-refractivity contribution in [3.05, 3.63) is 144 Å². The number of nitrogens with zero attached hydrogens (tertiary/aromatic N) is 3. The lowest BCUT2D eigenvalue weighted by molar-refractivity contribution is -0.129. The number of carboxylic acids is 1. The molecule has 0 aliphatic rings. The number of rotatable bonds is 10. The summed E-state index contributed by atoms with van der Waals surface area (Å²) in [7, 11) is 0. The summed E-state index contributed by atoms with van der Waals surface area (Å²) in [6.07, 6.45) is 0. The Morgan fingerprint density at radius 1 is 0.628 bits per heavy atom. The molecule has 8 nitrogen and oxygen atoms in total. The topological polar surface area (TPSA) is 114 Å². The van der Waals surface area contributed by atoms with E-state index < -0.39 is 17.6 Å². The third-order valence-corrected chi connectivity index (χ3v) is 7.11. The summed E-state index contributed by atoms with van der Waals surface area (Å²) in [4.78, 5) is 21.3. The maximum atomic E-state index is 12.0. The molecule has 8 heteroatoms. The van der Waals surface area contributed by atoms with Crippen molar-refractivity contribution < 1.29 is 24.6 Å². The number of ether oxygens (including phenoxy) is 2. The highest BCUT2D eigenvalue weighted by molar-refractivity contribution is 6.38. The maximum Gasteiger partial charge on any atom is 0.354 e. The van der Waals surface area contributed by atoms with Gasteiger partial charge in [0.2, 0.25) is 0 Å². The first-order valence-electron chi connectivity index (χ1n) is 13.7. The Hall–Kier alpha value is -5.76. The first kappa shape index (κ1) is 27.4. The summed E-state index contributed by atoms with van der Waals surface area (Å²) in [5, 5.41) is 24.6. The lowest BCUT2D eigenvalue weighted by atomic mass is 9.87. The van der Waals surface area contributed by atoms with Gasteiger partial charge >= 0.3 is 5.97 Å². The summed E-state index contributed by atoms with van der Waals surface area (Å²) < 4.78 is 11.9. The number of para-hydroxylation sites is 2. The van der Waals surface area contributed by atoms with Gasteiger partial charge < -0.3 is 19.8 Å². The van der Waals surface area contributed by atoms with E-state index in [-0.39, 0.29) is 13.2 Å². The lowest BCUT2D eigenvalue weighted by Gasteiger charge is -2.18. The second-order valence-corrected chi connectivity index (χ2v) is 9.93. The van der Waals surface area contributed by atoms with Gasteiger partial charge in [0.1, 0.15) is 24.7 Å². The van der Waals surface area contributed by atoms with Crippen LogP contribution in [0.3, 0.4) is 0 Å². The summed E-state index contributed by atoms with van der Waals surface area (Å²) in [6.45, 7) is 0.560.